The Morgan fingerprint density at radius 1 is 1.35 bits per heavy atom. The molecule has 0 bridgehead atoms. The Kier molecular flexibility index (Phi) is 8.79. The summed E-state index contributed by atoms with van der Waals surface area (Å²) in [6.07, 6.45) is 0.0227. The number of ether oxygens (including phenoxy) is 1. The van der Waals surface area contributed by atoms with Crippen molar-refractivity contribution in [3.05, 3.63) is 0 Å². The van der Waals surface area contributed by atoms with Crippen molar-refractivity contribution in [2.45, 2.75) is 71.0 Å². The third-order valence-electron chi connectivity index (χ3n) is 4.49. The predicted octanol–water partition coefficient (Wildman–Crippen LogP) is 1.05. The molecule has 4 atom stereocenters. The van der Waals surface area contributed by atoms with E-state index in [1.54, 1.807) is 7.05 Å². The Morgan fingerprint density at radius 3 is 2.42 bits per heavy atom. The van der Waals surface area contributed by atoms with Crippen molar-refractivity contribution >= 4 is 29.4 Å². The van der Waals surface area contributed by atoms with Crippen LogP contribution in [0.1, 0.15) is 47.5 Å². The van der Waals surface area contributed by atoms with Gasteiger partial charge < -0.3 is 4.74 Å². The van der Waals surface area contributed by atoms with E-state index in [4.69, 9.17) is 16.3 Å². The molecule has 0 spiro atoms. The van der Waals surface area contributed by atoms with Crippen LogP contribution in [0.3, 0.4) is 0 Å². The molecular formula is C17H31ClN4O4. The van der Waals surface area contributed by atoms with Crippen LogP contribution in [0.4, 0.5) is 0 Å². The third-order valence-corrected chi connectivity index (χ3v) is 4.82. The number of hydrazine groups is 2. The normalized spacial score (nSPS) is 22.7. The van der Waals surface area contributed by atoms with Gasteiger partial charge in [-0.2, -0.15) is 0 Å². The van der Waals surface area contributed by atoms with Crippen molar-refractivity contribution in [2.24, 2.45) is 5.92 Å². The number of hydrogen-bond acceptors (Lipinski definition) is 6. The summed E-state index contributed by atoms with van der Waals surface area (Å²) in [5.41, 5.74) is 5.79. The summed E-state index contributed by atoms with van der Waals surface area (Å²) < 4.78 is 5.26. The van der Waals surface area contributed by atoms with Crippen molar-refractivity contribution in [1.82, 2.24) is 20.9 Å². The minimum absolute atomic E-state index is 0.0982. The predicted molar refractivity (Wildman–Crippen MR) is 98.9 cm³/mol. The quantitative estimate of drug-likeness (QED) is 0.383. The van der Waals surface area contributed by atoms with Gasteiger partial charge in [-0.1, -0.05) is 13.8 Å². The van der Waals surface area contributed by atoms with Gasteiger partial charge in [0, 0.05) is 32.5 Å². The van der Waals surface area contributed by atoms with E-state index in [0.29, 0.717) is 19.4 Å². The molecule has 2 amide bonds. The van der Waals surface area contributed by atoms with Gasteiger partial charge in [0.25, 0.3) is 11.8 Å². The molecule has 1 heterocycles. The minimum atomic E-state index is -0.950. The largest absolute Gasteiger partial charge is 0.452 e. The molecule has 0 aromatic heterocycles. The minimum Gasteiger partial charge on any atom is -0.452 e. The smallest absolute Gasteiger partial charge is 0.303 e. The molecule has 0 saturated carbocycles. The van der Waals surface area contributed by atoms with Gasteiger partial charge in [-0.3, -0.25) is 24.4 Å². The Balaban J connectivity index is 3.12. The first kappa shape index (κ1) is 22.7. The summed E-state index contributed by atoms with van der Waals surface area (Å²) in [6.45, 7) is 9.12. The average Bonchev–Trinajstić information content (AvgIpc) is 2.58. The maximum Gasteiger partial charge on any atom is 0.303 e. The maximum atomic E-state index is 13.1. The van der Waals surface area contributed by atoms with E-state index >= 15 is 0 Å². The number of hydrogen-bond donors (Lipinski definition) is 2. The fourth-order valence-corrected chi connectivity index (χ4v) is 3.14. The van der Waals surface area contributed by atoms with Crippen LogP contribution in [-0.2, 0) is 19.1 Å². The van der Waals surface area contributed by atoms with Crippen molar-refractivity contribution < 1.29 is 19.1 Å². The molecule has 1 fully saturated rings. The lowest BCUT2D eigenvalue weighted by molar-refractivity contribution is -0.170. The molecule has 150 valence electrons. The lowest BCUT2D eigenvalue weighted by Crippen LogP contribution is -2.65. The maximum absolute atomic E-state index is 13.1. The van der Waals surface area contributed by atoms with Gasteiger partial charge in [0.2, 0.25) is 0 Å². The number of nitrogens with zero attached hydrogens (tertiary/aromatic N) is 2. The molecule has 0 radical (unpaired) electrons. The lowest BCUT2D eigenvalue weighted by atomic mass is 9.99. The van der Waals surface area contributed by atoms with Crippen LogP contribution in [0.15, 0.2) is 0 Å². The van der Waals surface area contributed by atoms with Crippen LogP contribution >= 0.6 is 11.6 Å². The van der Waals surface area contributed by atoms with Crippen LogP contribution in [0.2, 0.25) is 0 Å². The summed E-state index contributed by atoms with van der Waals surface area (Å²) in [7, 11) is 1.65. The van der Waals surface area contributed by atoms with E-state index in [1.807, 2.05) is 27.7 Å². The Labute approximate surface area is 160 Å². The molecule has 2 N–H and O–H groups in total. The zero-order chi connectivity index (χ0) is 20.0. The second-order valence-corrected chi connectivity index (χ2v) is 7.48. The van der Waals surface area contributed by atoms with E-state index < -0.39 is 24.0 Å². The molecule has 1 saturated heterocycles. The molecule has 0 aromatic carbocycles. The number of rotatable bonds is 7. The Hall–Kier alpha value is -1.38. The molecular weight excluding hydrogens is 360 g/mol. The van der Waals surface area contributed by atoms with Crippen molar-refractivity contribution in [1.29, 1.82) is 0 Å². The van der Waals surface area contributed by atoms with Gasteiger partial charge in [-0.25, -0.2) is 10.9 Å². The number of esters is 1. The summed E-state index contributed by atoms with van der Waals surface area (Å²) in [4.78, 5) is 37.5. The van der Waals surface area contributed by atoms with Crippen molar-refractivity contribution in [3.63, 3.8) is 0 Å². The molecule has 26 heavy (non-hydrogen) atoms. The zero-order valence-electron chi connectivity index (χ0n) is 16.4. The molecule has 1 aliphatic heterocycles. The van der Waals surface area contributed by atoms with Gasteiger partial charge in [-0.15, -0.1) is 11.6 Å². The second-order valence-electron chi connectivity index (χ2n) is 6.86. The number of carbonyl (C=O) groups is 3. The number of halogens is 1. The van der Waals surface area contributed by atoms with Crippen LogP contribution in [0.5, 0.6) is 0 Å². The van der Waals surface area contributed by atoms with Crippen molar-refractivity contribution in [2.75, 3.05) is 13.6 Å². The van der Waals surface area contributed by atoms with Gasteiger partial charge in [-0.05, 0) is 26.7 Å². The van der Waals surface area contributed by atoms with Gasteiger partial charge >= 0.3 is 5.97 Å². The first-order valence-corrected chi connectivity index (χ1v) is 9.45. The molecule has 0 aliphatic carbocycles. The monoisotopic (exact) mass is 390 g/mol. The highest BCUT2D eigenvalue weighted by atomic mass is 35.5. The number of carbonyl (C=O) groups excluding carboxylic acids is 3. The summed E-state index contributed by atoms with van der Waals surface area (Å²) in [6, 6.07) is -0.880. The lowest BCUT2D eigenvalue weighted by Gasteiger charge is -2.41. The van der Waals surface area contributed by atoms with Gasteiger partial charge in [0.15, 0.2) is 6.10 Å². The highest BCUT2D eigenvalue weighted by molar-refractivity contribution is 6.21. The van der Waals surface area contributed by atoms with Crippen LogP contribution < -0.4 is 10.9 Å². The summed E-state index contributed by atoms with van der Waals surface area (Å²) in [5.74, 6) is -1.41. The Morgan fingerprint density at radius 2 is 1.96 bits per heavy atom. The zero-order valence-corrected chi connectivity index (χ0v) is 17.2. The summed E-state index contributed by atoms with van der Waals surface area (Å²) in [5, 5.41) is 2.47. The highest BCUT2D eigenvalue weighted by Crippen LogP contribution is 2.22. The molecule has 9 heteroatoms. The summed E-state index contributed by atoms with van der Waals surface area (Å²) >= 11 is 6.23. The van der Waals surface area contributed by atoms with E-state index in [9.17, 15) is 14.4 Å². The second kappa shape index (κ2) is 10.1. The molecule has 1 rings (SSSR count). The van der Waals surface area contributed by atoms with E-state index in [-0.39, 0.29) is 23.2 Å². The first-order chi connectivity index (χ1) is 12.1. The molecule has 4 unspecified atom stereocenters. The molecule has 0 aromatic rings. The molecule has 8 nitrogen and oxygen atoms in total. The van der Waals surface area contributed by atoms with Crippen molar-refractivity contribution in [3.8, 4) is 0 Å². The van der Waals surface area contributed by atoms with Crippen LogP contribution in [0.25, 0.3) is 0 Å². The fraction of sp³-hybridized carbons (Fsp3) is 0.824. The standard InChI is InChI=1S/C17H31ClN4O4/c1-7-11(4)15(26-12(5)23)17(25)22-14(8-13(18)9-20-22)16(24)21(19-6)10(2)3/h10-11,13-15,19-20H,7-9H2,1-6H3. The van der Waals surface area contributed by atoms with E-state index in [2.05, 4.69) is 10.9 Å². The first-order valence-electron chi connectivity index (χ1n) is 9.02. The number of alkyl halides is 1. The van der Waals surface area contributed by atoms with Crippen LogP contribution in [-0.4, -0.2) is 65.0 Å². The average molecular weight is 391 g/mol. The van der Waals surface area contributed by atoms with Gasteiger partial charge in [0.1, 0.15) is 6.04 Å². The number of amides is 2. The SMILES string of the molecule is CCC(C)C(OC(C)=O)C(=O)N1NCC(Cl)CC1C(=O)N(NC)C(C)C. The highest BCUT2D eigenvalue weighted by Gasteiger charge is 2.42. The van der Waals surface area contributed by atoms with E-state index in [1.165, 1.54) is 16.9 Å². The fourth-order valence-electron chi connectivity index (χ4n) is 2.90. The molecule has 1 aliphatic rings. The van der Waals surface area contributed by atoms with Crippen LogP contribution in [0, 0.1) is 5.92 Å². The van der Waals surface area contributed by atoms with Gasteiger partial charge in [0.05, 0.1) is 5.38 Å². The van der Waals surface area contributed by atoms with E-state index in [0.717, 1.165) is 0 Å². The Bertz CT molecular complexity index is 517. The topological polar surface area (TPSA) is 91.0 Å². The number of nitrogens with one attached hydrogen (secondary N) is 2. The third kappa shape index (κ3) is 5.56.